The number of aromatic carboxylic acids is 1. The van der Waals surface area contributed by atoms with Crippen LogP contribution in [-0.2, 0) is 10.8 Å². The van der Waals surface area contributed by atoms with Gasteiger partial charge in [0.2, 0.25) is 0 Å². The second-order valence-electron chi connectivity index (χ2n) is 9.33. The van der Waals surface area contributed by atoms with Gasteiger partial charge in [0.25, 0.3) is 0 Å². The zero-order valence-corrected chi connectivity index (χ0v) is 18.5. The van der Waals surface area contributed by atoms with E-state index in [0.29, 0.717) is 5.56 Å². The van der Waals surface area contributed by atoms with Gasteiger partial charge in [-0.3, -0.25) is 0 Å². The van der Waals surface area contributed by atoms with Crippen molar-refractivity contribution in [3.63, 3.8) is 0 Å². The minimum Gasteiger partial charge on any atom is -0.478 e. The van der Waals surface area contributed by atoms with Gasteiger partial charge in [-0.25, -0.2) is 9.78 Å². The predicted octanol–water partition coefficient (Wildman–Crippen LogP) is 6.83. The Hall–Kier alpha value is -2.46. The summed E-state index contributed by atoms with van der Waals surface area (Å²) in [4.78, 5) is 17.2. The Bertz CT molecular complexity index is 1090. The molecule has 0 bridgehead atoms. The fraction of sp³-hybridized carbons (Fsp3) is 0.360. The van der Waals surface area contributed by atoms with E-state index in [-0.39, 0.29) is 10.8 Å². The molecule has 0 fully saturated rings. The summed E-state index contributed by atoms with van der Waals surface area (Å²) in [5.74, 6) is -0.910. The van der Waals surface area contributed by atoms with Gasteiger partial charge in [0.1, 0.15) is 5.01 Å². The topological polar surface area (TPSA) is 50.2 Å². The Morgan fingerprint density at radius 3 is 2.14 bits per heavy atom. The van der Waals surface area contributed by atoms with Crippen LogP contribution in [-0.4, -0.2) is 16.1 Å². The molecule has 1 aliphatic rings. The molecule has 0 aliphatic heterocycles. The van der Waals surface area contributed by atoms with E-state index in [9.17, 15) is 4.79 Å². The van der Waals surface area contributed by atoms with Crippen molar-refractivity contribution in [3.8, 4) is 21.8 Å². The van der Waals surface area contributed by atoms with Crippen LogP contribution in [0.4, 0.5) is 0 Å². The van der Waals surface area contributed by atoms with Crippen LogP contribution in [0.25, 0.3) is 21.8 Å². The third-order valence-electron chi connectivity index (χ3n) is 6.30. The molecule has 0 saturated heterocycles. The maximum absolute atomic E-state index is 11.1. The average molecular weight is 406 g/mol. The minimum absolute atomic E-state index is 0.167. The molecular formula is C25H27NO2S. The largest absolute Gasteiger partial charge is 0.478 e. The highest BCUT2D eigenvalue weighted by atomic mass is 32.1. The number of rotatable bonds is 3. The van der Waals surface area contributed by atoms with E-state index in [0.717, 1.165) is 21.8 Å². The molecule has 150 valence electrons. The third kappa shape index (κ3) is 3.51. The second kappa shape index (κ2) is 6.81. The highest BCUT2D eigenvalue weighted by Gasteiger charge is 2.37. The summed E-state index contributed by atoms with van der Waals surface area (Å²) in [6.45, 7) is 11.5. The normalized spacial score (nSPS) is 17.0. The molecule has 0 radical (unpaired) electrons. The van der Waals surface area contributed by atoms with Crippen molar-refractivity contribution in [3.05, 3.63) is 64.0 Å². The van der Waals surface area contributed by atoms with Crippen molar-refractivity contribution in [1.82, 2.24) is 4.98 Å². The van der Waals surface area contributed by atoms with E-state index in [1.54, 1.807) is 23.5 Å². The average Bonchev–Trinajstić information content (AvgIpc) is 3.07. The van der Waals surface area contributed by atoms with Crippen molar-refractivity contribution in [2.24, 2.45) is 0 Å². The maximum atomic E-state index is 11.1. The molecule has 29 heavy (non-hydrogen) atoms. The maximum Gasteiger partial charge on any atom is 0.335 e. The van der Waals surface area contributed by atoms with Crippen molar-refractivity contribution < 1.29 is 9.90 Å². The van der Waals surface area contributed by atoms with Gasteiger partial charge >= 0.3 is 5.97 Å². The van der Waals surface area contributed by atoms with Crippen LogP contribution >= 0.6 is 11.3 Å². The second-order valence-corrected chi connectivity index (χ2v) is 10.5. The molecule has 3 aromatic rings. The number of hydrogen-bond acceptors (Lipinski definition) is 3. The zero-order chi connectivity index (χ0) is 21.0. The number of nitrogens with zero attached hydrogens (tertiary/aromatic N) is 1. The van der Waals surface area contributed by atoms with Gasteiger partial charge < -0.3 is 5.11 Å². The molecule has 0 unspecified atom stereocenters. The summed E-state index contributed by atoms with van der Waals surface area (Å²) in [5.41, 5.74) is 6.69. The summed E-state index contributed by atoms with van der Waals surface area (Å²) in [5, 5.41) is 10.0. The molecule has 0 atom stereocenters. The lowest BCUT2D eigenvalue weighted by Gasteiger charge is -2.42. The Morgan fingerprint density at radius 2 is 1.52 bits per heavy atom. The molecule has 2 aromatic carbocycles. The number of hydrogen-bond donors (Lipinski definition) is 1. The first-order valence-electron chi connectivity index (χ1n) is 10.0. The Balaban J connectivity index is 1.76. The smallest absolute Gasteiger partial charge is 0.335 e. The van der Waals surface area contributed by atoms with Crippen LogP contribution in [0.15, 0.2) is 42.5 Å². The van der Waals surface area contributed by atoms with E-state index in [1.165, 1.54) is 28.8 Å². The molecule has 1 aliphatic carbocycles. The summed E-state index contributed by atoms with van der Waals surface area (Å²) < 4.78 is 0. The number of carboxylic acid groups (broad SMARTS) is 1. The highest BCUT2D eigenvalue weighted by molar-refractivity contribution is 7.15. The Kier molecular flexibility index (Phi) is 4.66. The van der Waals surface area contributed by atoms with E-state index in [1.807, 2.05) is 12.1 Å². The molecule has 0 amide bonds. The van der Waals surface area contributed by atoms with E-state index in [2.05, 4.69) is 52.8 Å². The van der Waals surface area contributed by atoms with Gasteiger partial charge in [-0.1, -0.05) is 52.0 Å². The standard InChI is InChI=1S/C25H27NO2S/c1-15-21(26-22(29-15)16-6-8-17(9-7-16)23(27)28)18-10-11-19-20(14-18)25(4,5)13-12-24(19,2)3/h6-11,14H,12-13H2,1-5H3,(H,27,28). The number of benzene rings is 2. The molecule has 3 nitrogen and oxygen atoms in total. The lowest BCUT2D eigenvalue weighted by atomic mass is 9.63. The molecule has 1 N–H and O–H groups in total. The fourth-order valence-corrected chi connectivity index (χ4v) is 5.22. The first-order valence-corrected chi connectivity index (χ1v) is 10.9. The van der Waals surface area contributed by atoms with Crippen molar-refractivity contribution in [2.45, 2.75) is 58.3 Å². The van der Waals surface area contributed by atoms with Gasteiger partial charge in [-0.2, -0.15) is 0 Å². The van der Waals surface area contributed by atoms with Crippen LogP contribution in [0, 0.1) is 6.92 Å². The number of carbonyl (C=O) groups is 1. The number of carboxylic acids is 1. The fourth-order valence-electron chi connectivity index (χ4n) is 4.28. The number of fused-ring (bicyclic) bond motifs is 1. The lowest BCUT2D eigenvalue weighted by Crippen LogP contribution is -2.33. The quantitative estimate of drug-likeness (QED) is 0.519. The van der Waals surface area contributed by atoms with Crippen LogP contribution < -0.4 is 0 Å². The van der Waals surface area contributed by atoms with Crippen LogP contribution in [0.2, 0.25) is 0 Å². The van der Waals surface area contributed by atoms with Gasteiger partial charge in [-0.05, 0) is 59.9 Å². The summed E-state index contributed by atoms with van der Waals surface area (Å²) in [7, 11) is 0. The van der Waals surface area contributed by atoms with Crippen molar-refractivity contribution in [2.75, 3.05) is 0 Å². The SMILES string of the molecule is Cc1sc(-c2ccc(C(=O)O)cc2)nc1-c1ccc2c(c1)C(C)(C)CCC2(C)C. The summed E-state index contributed by atoms with van der Waals surface area (Å²) in [6, 6.07) is 13.8. The number of aryl methyl sites for hydroxylation is 1. The highest BCUT2D eigenvalue weighted by Crippen LogP contribution is 2.47. The number of aromatic nitrogens is 1. The number of thiazole rings is 1. The minimum atomic E-state index is -0.910. The van der Waals surface area contributed by atoms with Gasteiger partial charge in [0, 0.05) is 16.0 Å². The van der Waals surface area contributed by atoms with Gasteiger partial charge in [0.05, 0.1) is 11.3 Å². The molecule has 4 rings (SSSR count). The Morgan fingerprint density at radius 1 is 0.931 bits per heavy atom. The summed E-state index contributed by atoms with van der Waals surface area (Å²) >= 11 is 1.66. The van der Waals surface area contributed by atoms with E-state index in [4.69, 9.17) is 10.1 Å². The van der Waals surface area contributed by atoms with Crippen molar-refractivity contribution >= 4 is 17.3 Å². The molecular weight excluding hydrogens is 378 g/mol. The van der Waals surface area contributed by atoms with Gasteiger partial charge in [-0.15, -0.1) is 11.3 Å². The Labute approximate surface area is 176 Å². The first-order chi connectivity index (χ1) is 13.6. The van der Waals surface area contributed by atoms with Crippen LogP contribution in [0.5, 0.6) is 0 Å². The first kappa shape index (κ1) is 19.8. The monoisotopic (exact) mass is 405 g/mol. The third-order valence-corrected chi connectivity index (χ3v) is 7.32. The van der Waals surface area contributed by atoms with Gasteiger partial charge in [0.15, 0.2) is 0 Å². The summed E-state index contributed by atoms with van der Waals surface area (Å²) in [6.07, 6.45) is 2.40. The predicted molar refractivity (Wildman–Crippen MR) is 120 cm³/mol. The lowest BCUT2D eigenvalue weighted by molar-refractivity contribution is 0.0697. The zero-order valence-electron chi connectivity index (χ0n) is 17.7. The van der Waals surface area contributed by atoms with Crippen LogP contribution in [0.3, 0.4) is 0 Å². The molecule has 1 heterocycles. The van der Waals surface area contributed by atoms with E-state index < -0.39 is 5.97 Å². The van der Waals surface area contributed by atoms with Crippen LogP contribution in [0.1, 0.15) is 66.9 Å². The molecule has 0 saturated carbocycles. The van der Waals surface area contributed by atoms with Crippen molar-refractivity contribution in [1.29, 1.82) is 0 Å². The molecule has 1 aromatic heterocycles. The molecule has 0 spiro atoms. The molecule has 4 heteroatoms. The van der Waals surface area contributed by atoms with E-state index >= 15 is 0 Å².